The predicted molar refractivity (Wildman–Crippen MR) is 105 cm³/mol. The first-order valence-corrected chi connectivity index (χ1v) is 9.17. The molecule has 9 nitrogen and oxygen atoms in total. The van der Waals surface area contributed by atoms with Crippen molar-refractivity contribution in [2.75, 3.05) is 30.0 Å². The minimum Gasteiger partial charge on any atom is -0.486 e. The predicted octanol–water partition coefficient (Wildman–Crippen LogP) is 1.48. The van der Waals surface area contributed by atoms with Crippen LogP contribution in [0.3, 0.4) is 0 Å². The van der Waals surface area contributed by atoms with E-state index in [0.717, 1.165) is 0 Å². The molecular weight excluding hydrogens is 376 g/mol. The van der Waals surface area contributed by atoms with E-state index in [9.17, 15) is 14.4 Å². The molecule has 150 valence electrons. The zero-order valence-electron chi connectivity index (χ0n) is 15.5. The van der Waals surface area contributed by atoms with Crippen molar-refractivity contribution in [1.29, 1.82) is 0 Å². The Hall–Kier alpha value is -3.75. The standard InChI is InChI=1S/C20H20N4O5/c21-19(26)14-3-1-2-4-15(14)23-20(27)22-12-9-18(25)24(11-12)13-5-6-16-17(10-13)29-8-7-28-16/h1-6,10,12H,7-9,11H2,(H2,21,26)(H2,22,23,27)/t12-/m0/s1. The van der Waals surface area contributed by atoms with Gasteiger partial charge in [0, 0.05) is 24.7 Å². The number of hydrogen-bond donors (Lipinski definition) is 3. The highest BCUT2D eigenvalue weighted by molar-refractivity contribution is 6.03. The van der Waals surface area contributed by atoms with Crippen LogP contribution < -0.4 is 30.7 Å². The number of nitrogens with zero attached hydrogens (tertiary/aromatic N) is 1. The number of rotatable bonds is 4. The largest absolute Gasteiger partial charge is 0.486 e. The maximum atomic E-state index is 12.5. The molecule has 4 N–H and O–H groups in total. The van der Waals surface area contributed by atoms with Gasteiger partial charge < -0.3 is 30.7 Å². The number of primary amides is 1. The van der Waals surface area contributed by atoms with Crippen LogP contribution in [0.4, 0.5) is 16.2 Å². The number of anilines is 2. The fourth-order valence-electron chi connectivity index (χ4n) is 3.40. The molecule has 0 aromatic heterocycles. The van der Waals surface area contributed by atoms with E-state index in [0.29, 0.717) is 42.6 Å². The van der Waals surface area contributed by atoms with Crippen molar-refractivity contribution in [3.05, 3.63) is 48.0 Å². The molecule has 2 aliphatic heterocycles. The molecule has 1 atom stereocenters. The Kier molecular flexibility index (Phi) is 4.94. The van der Waals surface area contributed by atoms with Gasteiger partial charge in [0.2, 0.25) is 5.91 Å². The molecule has 1 fully saturated rings. The summed E-state index contributed by atoms with van der Waals surface area (Å²) in [7, 11) is 0. The van der Waals surface area contributed by atoms with Gasteiger partial charge in [-0.3, -0.25) is 9.59 Å². The second-order valence-electron chi connectivity index (χ2n) is 6.74. The zero-order valence-corrected chi connectivity index (χ0v) is 15.5. The highest BCUT2D eigenvalue weighted by Gasteiger charge is 2.32. The van der Waals surface area contributed by atoms with Crippen molar-refractivity contribution in [2.45, 2.75) is 12.5 Å². The molecule has 0 radical (unpaired) electrons. The Bertz CT molecular complexity index is 977. The van der Waals surface area contributed by atoms with Crippen LogP contribution in [0.15, 0.2) is 42.5 Å². The number of carbonyl (C=O) groups is 3. The van der Waals surface area contributed by atoms with Crippen LogP contribution in [-0.4, -0.2) is 43.6 Å². The molecule has 29 heavy (non-hydrogen) atoms. The van der Waals surface area contributed by atoms with E-state index in [1.165, 1.54) is 6.07 Å². The van der Waals surface area contributed by atoms with E-state index < -0.39 is 11.9 Å². The van der Waals surface area contributed by atoms with Gasteiger partial charge in [0.15, 0.2) is 11.5 Å². The van der Waals surface area contributed by atoms with Crippen molar-refractivity contribution in [3.63, 3.8) is 0 Å². The van der Waals surface area contributed by atoms with Gasteiger partial charge >= 0.3 is 6.03 Å². The summed E-state index contributed by atoms with van der Waals surface area (Å²) in [4.78, 5) is 37.9. The van der Waals surface area contributed by atoms with Crippen LogP contribution in [0.25, 0.3) is 0 Å². The van der Waals surface area contributed by atoms with Crippen molar-refractivity contribution < 1.29 is 23.9 Å². The summed E-state index contributed by atoms with van der Waals surface area (Å²) >= 11 is 0. The maximum absolute atomic E-state index is 12.5. The van der Waals surface area contributed by atoms with Crippen LogP contribution >= 0.6 is 0 Å². The quantitative estimate of drug-likeness (QED) is 0.722. The van der Waals surface area contributed by atoms with Gasteiger partial charge in [-0.2, -0.15) is 0 Å². The number of benzene rings is 2. The Labute approximate surface area is 166 Å². The third-order valence-electron chi connectivity index (χ3n) is 4.74. The number of urea groups is 1. The van der Waals surface area contributed by atoms with Gasteiger partial charge in [0.25, 0.3) is 5.91 Å². The Morgan fingerprint density at radius 2 is 1.83 bits per heavy atom. The van der Waals surface area contributed by atoms with Gasteiger partial charge in [-0.15, -0.1) is 0 Å². The number of para-hydroxylation sites is 1. The molecule has 4 amide bonds. The lowest BCUT2D eigenvalue weighted by molar-refractivity contribution is -0.117. The smallest absolute Gasteiger partial charge is 0.319 e. The summed E-state index contributed by atoms with van der Waals surface area (Å²) in [5, 5.41) is 5.38. The van der Waals surface area contributed by atoms with Crippen molar-refractivity contribution in [3.8, 4) is 11.5 Å². The minimum atomic E-state index is -0.637. The number of nitrogens with one attached hydrogen (secondary N) is 2. The van der Waals surface area contributed by atoms with E-state index in [-0.39, 0.29) is 23.9 Å². The van der Waals surface area contributed by atoms with Gasteiger partial charge in [-0.1, -0.05) is 12.1 Å². The molecule has 2 heterocycles. The van der Waals surface area contributed by atoms with E-state index in [1.807, 2.05) is 0 Å². The fourth-order valence-corrected chi connectivity index (χ4v) is 3.40. The van der Waals surface area contributed by atoms with Crippen molar-refractivity contribution in [2.24, 2.45) is 5.73 Å². The van der Waals surface area contributed by atoms with E-state index in [4.69, 9.17) is 15.2 Å². The molecule has 0 saturated carbocycles. The maximum Gasteiger partial charge on any atom is 0.319 e. The molecule has 0 spiro atoms. The topological polar surface area (TPSA) is 123 Å². The molecule has 0 aliphatic carbocycles. The summed E-state index contributed by atoms with van der Waals surface area (Å²) < 4.78 is 11.1. The third-order valence-corrected chi connectivity index (χ3v) is 4.74. The van der Waals surface area contributed by atoms with Crippen LogP contribution in [-0.2, 0) is 4.79 Å². The van der Waals surface area contributed by atoms with Gasteiger partial charge in [0.05, 0.1) is 17.3 Å². The normalized spacial score (nSPS) is 17.7. The molecule has 1 saturated heterocycles. The molecule has 2 aromatic carbocycles. The number of fused-ring (bicyclic) bond motifs is 1. The lowest BCUT2D eigenvalue weighted by Crippen LogP contribution is -2.40. The highest BCUT2D eigenvalue weighted by Crippen LogP contribution is 2.35. The highest BCUT2D eigenvalue weighted by atomic mass is 16.6. The summed E-state index contributed by atoms with van der Waals surface area (Å²) in [6, 6.07) is 10.9. The molecule has 0 unspecified atom stereocenters. The van der Waals surface area contributed by atoms with Gasteiger partial charge in [-0.05, 0) is 24.3 Å². The van der Waals surface area contributed by atoms with Crippen LogP contribution in [0, 0.1) is 0 Å². The second kappa shape index (κ2) is 7.70. The summed E-state index contributed by atoms with van der Waals surface area (Å²) in [6.07, 6.45) is 0.166. The number of carbonyl (C=O) groups excluding carboxylic acids is 3. The summed E-state index contributed by atoms with van der Waals surface area (Å²) in [5.41, 5.74) is 6.53. The third kappa shape index (κ3) is 3.93. The number of ether oxygens (including phenoxy) is 2. The Balaban J connectivity index is 1.41. The van der Waals surface area contributed by atoms with Crippen molar-refractivity contribution in [1.82, 2.24) is 5.32 Å². The molecular formula is C20H20N4O5. The molecule has 4 rings (SSSR count). The number of nitrogens with two attached hydrogens (primary N) is 1. The van der Waals surface area contributed by atoms with E-state index >= 15 is 0 Å². The second-order valence-corrected chi connectivity index (χ2v) is 6.74. The van der Waals surface area contributed by atoms with Crippen molar-refractivity contribution >= 4 is 29.2 Å². The van der Waals surface area contributed by atoms with Crippen LogP contribution in [0.1, 0.15) is 16.8 Å². The van der Waals surface area contributed by atoms with E-state index in [2.05, 4.69) is 10.6 Å². The number of hydrogen-bond acceptors (Lipinski definition) is 5. The SMILES string of the molecule is NC(=O)c1ccccc1NC(=O)N[C@H]1CC(=O)N(c2ccc3c(c2)OCCO3)C1. The van der Waals surface area contributed by atoms with Crippen LogP contribution in [0.5, 0.6) is 11.5 Å². The minimum absolute atomic E-state index is 0.107. The van der Waals surface area contributed by atoms with Crippen LogP contribution in [0.2, 0.25) is 0 Å². The molecule has 0 bridgehead atoms. The van der Waals surface area contributed by atoms with Gasteiger partial charge in [0.1, 0.15) is 13.2 Å². The van der Waals surface area contributed by atoms with E-state index in [1.54, 1.807) is 41.3 Å². The Morgan fingerprint density at radius 3 is 2.62 bits per heavy atom. The monoisotopic (exact) mass is 396 g/mol. The first-order chi connectivity index (χ1) is 14.0. The Morgan fingerprint density at radius 1 is 1.07 bits per heavy atom. The lowest BCUT2D eigenvalue weighted by Gasteiger charge is -2.22. The average molecular weight is 396 g/mol. The first kappa shape index (κ1) is 18.6. The molecule has 2 aromatic rings. The first-order valence-electron chi connectivity index (χ1n) is 9.17. The van der Waals surface area contributed by atoms with Gasteiger partial charge in [-0.25, -0.2) is 4.79 Å². The summed E-state index contributed by atoms with van der Waals surface area (Å²) in [5.74, 6) is 0.499. The average Bonchev–Trinajstić information content (AvgIpc) is 3.07. The fraction of sp³-hybridized carbons (Fsp3) is 0.250. The zero-order chi connectivity index (χ0) is 20.4. The summed E-state index contributed by atoms with van der Waals surface area (Å²) in [6.45, 7) is 1.28. The molecule has 2 aliphatic rings. The molecule has 9 heteroatoms. The number of amides is 4. The lowest BCUT2D eigenvalue weighted by atomic mass is 10.1.